The van der Waals surface area contributed by atoms with Crippen LogP contribution in [0.4, 0.5) is 0 Å². The molecule has 0 aliphatic rings. The number of methoxy groups -OCH3 is 1. The maximum absolute atomic E-state index is 6.35. The van der Waals surface area contributed by atoms with Gasteiger partial charge in [-0.2, -0.15) is 0 Å². The largest absolute Gasteiger partial charge is 0.494 e. The van der Waals surface area contributed by atoms with Gasteiger partial charge < -0.3 is 9.30 Å². The molecular formula is C16H23ClN2O. The molecule has 0 saturated heterocycles. The Morgan fingerprint density at radius 3 is 2.40 bits per heavy atom. The number of hydrogen-bond acceptors (Lipinski definition) is 2. The van der Waals surface area contributed by atoms with Gasteiger partial charge in [-0.1, -0.05) is 26.8 Å². The quantitative estimate of drug-likeness (QED) is 0.749. The Morgan fingerprint density at radius 1 is 1.25 bits per heavy atom. The van der Waals surface area contributed by atoms with Crippen LogP contribution in [0, 0.1) is 5.41 Å². The van der Waals surface area contributed by atoms with Crippen molar-refractivity contribution >= 4 is 22.6 Å². The standard InChI is InChI=1S/C16H23ClN2O/c1-10(17)15-18-14-12(8-7-9-13(14)20-6)19(15)11(2)16(3,4)5/h7-11H,1-6H3. The van der Waals surface area contributed by atoms with E-state index in [0.29, 0.717) is 0 Å². The van der Waals surface area contributed by atoms with Crippen molar-refractivity contribution in [1.82, 2.24) is 9.55 Å². The topological polar surface area (TPSA) is 27.1 Å². The first kappa shape index (κ1) is 15.2. The highest BCUT2D eigenvalue weighted by molar-refractivity contribution is 6.20. The third kappa shape index (κ3) is 2.51. The van der Waals surface area contributed by atoms with Crippen molar-refractivity contribution in [3.8, 4) is 5.75 Å². The van der Waals surface area contributed by atoms with Crippen LogP contribution in [0.15, 0.2) is 18.2 Å². The Kier molecular flexibility index (Phi) is 4.01. The third-order valence-corrected chi connectivity index (χ3v) is 4.12. The number of benzene rings is 1. The summed E-state index contributed by atoms with van der Waals surface area (Å²) >= 11 is 6.35. The van der Waals surface area contributed by atoms with E-state index in [1.54, 1.807) is 7.11 Å². The summed E-state index contributed by atoms with van der Waals surface area (Å²) in [5.41, 5.74) is 2.08. The molecule has 0 fully saturated rings. The van der Waals surface area contributed by atoms with Crippen LogP contribution < -0.4 is 4.74 Å². The minimum absolute atomic E-state index is 0.122. The van der Waals surface area contributed by atoms with Gasteiger partial charge in [0.25, 0.3) is 0 Å². The van der Waals surface area contributed by atoms with Crippen LogP contribution in [0.3, 0.4) is 0 Å². The molecule has 2 unspecified atom stereocenters. The Hall–Kier alpha value is -1.22. The number of nitrogens with zero attached hydrogens (tertiary/aromatic N) is 2. The molecule has 2 aromatic rings. The average molecular weight is 295 g/mol. The number of alkyl halides is 1. The van der Waals surface area contributed by atoms with Crippen LogP contribution in [0.2, 0.25) is 0 Å². The fourth-order valence-corrected chi connectivity index (χ4v) is 2.50. The Morgan fingerprint density at radius 2 is 1.90 bits per heavy atom. The van der Waals surface area contributed by atoms with Gasteiger partial charge in [0.05, 0.1) is 18.0 Å². The van der Waals surface area contributed by atoms with Crippen LogP contribution in [0.1, 0.15) is 51.9 Å². The Labute approximate surface area is 125 Å². The zero-order valence-electron chi connectivity index (χ0n) is 13.1. The van der Waals surface area contributed by atoms with Gasteiger partial charge in [0.15, 0.2) is 0 Å². The van der Waals surface area contributed by atoms with Crippen molar-refractivity contribution in [3.63, 3.8) is 0 Å². The zero-order chi connectivity index (χ0) is 15.1. The Bertz CT molecular complexity index is 611. The molecule has 0 bridgehead atoms. The van der Waals surface area contributed by atoms with Crippen molar-refractivity contribution < 1.29 is 4.74 Å². The lowest BCUT2D eigenvalue weighted by Crippen LogP contribution is -2.23. The molecule has 0 N–H and O–H groups in total. The predicted molar refractivity (Wildman–Crippen MR) is 84.7 cm³/mol. The summed E-state index contributed by atoms with van der Waals surface area (Å²) in [4.78, 5) is 4.72. The average Bonchev–Trinajstić information content (AvgIpc) is 2.75. The fourth-order valence-electron chi connectivity index (χ4n) is 2.35. The third-order valence-electron chi connectivity index (χ3n) is 3.93. The molecule has 2 rings (SSSR count). The van der Waals surface area contributed by atoms with Gasteiger partial charge in [-0.15, -0.1) is 11.6 Å². The molecule has 110 valence electrons. The van der Waals surface area contributed by atoms with Crippen molar-refractivity contribution in [1.29, 1.82) is 0 Å². The highest BCUT2D eigenvalue weighted by Gasteiger charge is 2.28. The fraction of sp³-hybridized carbons (Fsp3) is 0.562. The van der Waals surface area contributed by atoms with Gasteiger partial charge in [0, 0.05) is 6.04 Å². The maximum atomic E-state index is 6.35. The van der Waals surface area contributed by atoms with E-state index in [1.165, 1.54) is 0 Å². The second-order valence-corrected chi connectivity index (χ2v) is 6.98. The van der Waals surface area contributed by atoms with E-state index in [4.69, 9.17) is 21.3 Å². The van der Waals surface area contributed by atoms with E-state index in [9.17, 15) is 0 Å². The number of aromatic nitrogens is 2. The molecular weight excluding hydrogens is 272 g/mol. The van der Waals surface area contributed by atoms with Crippen molar-refractivity contribution in [3.05, 3.63) is 24.0 Å². The summed E-state index contributed by atoms with van der Waals surface area (Å²) in [6.45, 7) is 10.9. The number of halogens is 1. The summed E-state index contributed by atoms with van der Waals surface area (Å²) in [5, 5.41) is -0.142. The van der Waals surface area contributed by atoms with Crippen LogP contribution >= 0.6 is 11.6 Å². The molecule has 0 aliphatic carbocycles. The van der Waals surface area contributed by atoms with E-state index in [1.807, 2.05) is 19.1 Å². The van der Waals surface area contributed by atoms with Crippen LogP contribution in [0.25, 0.3) is 11.0 Å². The number of fused-ring (bicyclic) bond motifs is 1. The van der Waals surface area contributed by atoms with Crippen LogP contribution in [-0.4, -0.2) is 16.7 Å². The minimum Gasteiger partial charge on any atom is -0.494 e. The van der Waals surface area contributed by atoms with Crippen LogP contribution in [0.5, 0.6) is 5.75 Å². The normalized spacial score (nSPS) is 15.3. The summed E-state index contributed by atoms with van der Waals surface area (Å²) in [5.74, 6) is 1.69. The molecule has 0 saturated carbocycles. The first-order valence-corrected chi connectivity index (χ1v) is 7.40. The first-order valence-electron chi connectivity index (χ1n) is 6.96. The summed E-state index contributed by atoms with van der Waals surface area (Å²) < 4.78 is 7.67. The van der Waals surface area contributed by atoms with Crippen molar-refractivity contribution in [2.24, 2.45) is 5.41 Å². The van der Waals surface area contributed by atoms with Crippen molar-refractivity contribution in [2.45, 2.75) is 46.0 Å². The first-order chi connectivity index (χ1) is 9.27. The monoisotopic (exact) mass is 294 g/mol. The second kappa shape index (κ2) is 5.28. The molecule has 4 heteroatoms. The van der Waals surface area contributed by atoms with Gasteiger partial charge in [0.2, 0.25) is 0 Å². The smallest absolute Gasteiger partial charge is 0.146 e. The van der Waals surface area contributed by atoms with Gasteiger partial charge in [0.1, 0.15) is 17.1 Å². The Balaban J connectivity index is 2.76. The summed E-state index contributed by atoms with van der Waals surface area (Å²) in [7, 11) is 1.67. The minimum atomic E-state index is -0.142. The van der Waals surface area contributed by atoms with E-state index in [0.717, 1.165) is 22.6 Å². The molecule has 0 radical (unpaired) electrons. The number of para-hydroxylation sites is 1. The zero-order valence-corrected chi connectivity index (χ0v) is 13.8. The molecule has 1 heterocycles. The van der Waals surface area contributed by atoms with Crippen LogP contribution in [-0.2, 0) is 0 Å². The van der Waals surface area contributed by atoms with Gasteiger partial charge in [-0.05, 0) is 31.4 Å². The van der Waals surface area contributed by atoms with Crippen molar-refractivity contribution in [2.75, 3.05) is 7.11 Å². The molecule has 20 heavy (non-hydrogen) atoms. The highest BCUT2D eigenvalue weighted by atomic mass is 35.5. The molecule has 0 aliphatic heterocycles. The lowest BCUT2D eigenvalue weighted by atomic mass is 9.87. The summed E-state index contributed by atoms with van der Waals surface area (Å²) in [6, 6.07) is 6.30. The predicted octanol–water partition coefficient (Wildman–Crippen LogP) is 4.95. The van der Waals surface area contributed by atoms with Gasteiger partial charge in [-0.25, -0.2) is 4.98 Å². The van der Waals surface area contributed by atoms with E-state index in [2.05, 4.69) is 38.3 Å². The van der Waals surface area contributed by atoms with E-state index < -0.39 is 0 Å². The number of ether oxygens (including phenoxy) is 1. The molecule has 0 amide bonds. The summed E-state index contributed by atoms with van der Waals surface area (Å²) in [6.07, 6.45) is 0. The molecule has 1 aromatic heterocycles. The van der Waals surface area contributed by atoms with Gasteiger partial charge in [-0.3, -0.25) is 0 Å². The number of imidazole rings is 1. The highest BCUT2D eigenvalue weighted by Crippen LogP contribution is 2.38. The number of hydrogen-bond donors (Lipinski definition) is 0. The lowest BCUT2D eigenvalue weighted by molar-refractivity contribution is 0.262. The molecule has 3 nitrogen and oxygen atoms in total. The van der Waals surface area contributed by atoms with E-state index >= 15 is 0 Å². The molecule has 0 spiro atoms. The second-order valence-electron chi connectivity index (χ2n) is 6.33. The SMILES string of the molecule is COc1cccc2c1nc(C(C)Cl)n2C(C)C(C)(C)C. The molecule has 1 aromatic carbocycles. The molecule has 2 atom stereocenters. The number of rotatable bonds is 3. The van der Waals surface area contributed by atoms with E-state index in [-0.39, 0.29) is 16.8 Å². The lowest BCUT2D eigenvalue weighted by Gasteiger charge is -2.30. The maximum Gasteiger partial charge on any atom is 0.146 e. The van der Waals surface area contributed by atoms with Gasteiger partial charge >= 0.3 is 0 Å².